The summed E-state index contributed by atoms with van der Waals surface area (Å²) in [5.74, 6) is -3.82. The van der Waals surface area contributed by atoms with Gasteiger partial charge in [0.1, 0.15) is 23.1 Å². The summed E-state index contributed by atoms with van der Waals surface area (Å²) in [5.41, 5.74) is 0.603. The van der Waals surface area contributed by atoms with Crippen LogP contribution >= 0.6 is 11.6 Å². The summed E-state index contributed by atoms with van der Waals surface area (Å²) in [6, 6.07) is 3.51. The molecule has 2 aliphatic carbocycles. The molecule has 1 heterocycles. The smallest absolute Gasteiger partial charge is 0.307 e. The summed E-state index contributed by atoms with van der Waals surface area (Å²) in [6.07, 6.45) is 3.67. The normalized spacial score (nSPS) is 20.0. The van der Waals surface area contributed by atoms with Crippen LogP contribution in [0.4, 0.5) is 20.2 Å². The van der Waals surface area contributed by atoms with Crippen molar-refractivity contribution in [3.05, 3.63) is 46.7 Å². The number of hydrogen-bond acceptors (Lipinski definition) is 5. The summed E-state index contributed by atoms with van der Waals surface area (Å²) in [7, 11) is 1.37. The Labute approximate surface area is 176 Å². The average molecular weight is 437 g/mol. The number of aromatic nitrogens is 1. The van der Waals surface area contributed by atoms with Gasteiger partial charge in [-0.1, -0.05) is 11.6 Å². The predicted molar refractivity (Wildman–Crippen MR) is 105 cm³/mol. The highest BCUT2D eigenvalue weighted by molar-refractivity contribution is 6.31. The second kappa shape index (κ2) is 7.83. The maximum atomic E-state index is 14.6. The first-order valence-electron chi connectivity index (χ1n) is 9.53. The number of anilines is 2. The number of ketones is 1. The van der Waals surface area contributed by atoms with E-state index in [-0.39, 0.29) is 28.6 Å². The van der Waals surface area contributed by atoms with Crippen molar-refractivity contribution in [1.29, 1.82) is 0 Å². The minimum absolute atomic E-state index is 0.0407. The first-order valence-corrected chi connectivity index (χ1v) is 9.91. The number of rotatable bonds is 8. The molecule has 0 bridgehead atoms. The number of halogens is 3. The predicted octanol–water partition coefficient (Wildman–Crippen LogP) is 4.47. The van der Waals surface area contributed by atoms with Crippen LogP contribution in [0.5, 0.6) is 5.75 Å². The van der Waals surface area contributed by atoms with Gasteiger partial charge in [-0.3, -0.25) is 9.59 Å². The topological polar surface area (TPSA) is 79.7 Å². The lowest BCUT2D eigenvalue weighted by Crippen LogP contribution is -2.22. The lowest BCUT2D eigenvalue weighted by molar-refractivity contribution is -0.138. The number of nitrogens with zero attached hydrogens (tertiary/aromatic N) is 2. The Morgan fingerprint density at radius 2 is 1.97 bits per heavy atom. The first kappa shape index (κ1) is 20.5. The van der Waals surface area contributed by atoms with Crippen LogP contribution in [-0.4, -0.2) is 35.5 Å². The Morgan fingerprint density at radius 3 is 2.57 bits per heavy atom. The van der Waals surface area contributed by atoms with Gasteiger partial charge in [-0.2, -0.15) is 0 Å². The molecule has 0 aliphatic heterocycles. The summed E-state index contributed by atoms with van der Waals surface area (Å²) < 4.78 is 33.5. The van der Waals surface area contributed by atoms with Gasteiger partial charge in [0, 0.05) is 24.6 Å². The van der Waals surface area contributed by atoms with Crippen molar-refractivity contribution in [2.75, 3.05) is 18.6 Å². The summed E-state index contributed by atoms with van der Waals surface area (Å²) in [6.45, 7) is 0.473. The van der Waals surface area contributed by atoms with E-state index >= 15 is 0 Å². The summed E-state index contributed by atoms with van der Waals surface area (Å²) >= 11 is 5.87. The molecule has 0 saturated heterocycles. The highest BCUT2D eigenvalue weighted by Gasteiger charge is 2.49. The van der Waals surface area contributed by atoms with Crippen molar-refractivity contribution < 1.29 is 28.2 Å². The molecule has 2 saturated carbocycles. The lowest BCUT2D eigenvalue weighted by Gasteiger charge is -2.26. The van der Waals surface area contributed by atoms with Crippen LogP contribution in [0.25, 0.3) is 0 Å². The van der Waals surface area contributed by atoms with Crippen LogP contribution in [0.15, 0.2) is 24.4 Å². The fourth-order valence-corrected chi connectivity index (χ4v) is 3.63. The molecule has 0 radical (unpaired) electrons. The Hall–Kier alpha value is -2.74. The van der Waals surface area contributed by atoms with E-state index in [4.69, 9.17) is 21.4 Å². The van der Waals surface area contributed by atoms with Crippen LogP contribution in [0.1, 0.15) is 29.8 Å². The maximum Gasteiger partial charge on any atom is 0.307 e. The molecule has 158 valence electrons. The Morgan fingerprint density at radius 1 is 1.23 bits per heavy atom. The second-order valence-electron chi connectivity index (χ2n) is 7.67. The van der Waals surface area contributed by atoms with Crippen molar-refractivity contribution in [2.24, 2.45) is 17.8 Å². The zero-order valence-corrected chi connectivity index (χ0v) is 16.8. The molecule has 2 aliphatic rings. The number of hydrogen-bond donors (Lipinski definition) is 1. The van der Waals surface area contributed by atoms with Crippen molar-refractivity contribution >= 4 is 34.7 Å². The summed E-state index contributed by atoms with van der Waals surface area (Å²) in [4.78, 5) is 29.6. The minimum atomic E-state index is -1.01. The highest BCUT2D eigenvalue weighted by atomic mass is 35.5. The van der Waals surface area contributed by atoms with Crippen LogP contribution in [0.3, 0.4) is 0 Å². The fourth-order valence-electron chi connectivity index (χ4n) is 3.48. The SMILES string of the molecule is COc1cc(N(CC2CC2)c2cc(Cl)c(F)cc2F)cnc1C(=O)[C@H]1C[C@@H]1C(=O)O. The number of carboxylic acid groups (broad SMARTS) is 1. The van der Waals surface area contributed by atoms with Crippen LogP contribution in [0, 0.1) is 29.4 Å². The van der Waals surface area contributed by atoms with Gasteiger partial charge in [0.15, 0.2) is 5.78 Å². The van der Waals surface area contributed by atoms with Crippen LogP contribution < -0.4 is 9.64 Å². The quantitative estimate of drug-likeness (QED) is 0.485. The van der Waals surface area contributed by atoms with E-state index in [9.17, 15) is 18.4 Å². The molecule has 1 N–H and O–H groups in total. The number of ether oxygens (including phenoxy) is 1. The van der Waals surface area contributed by atoms with Gasteiger partial charge in [0.2, 0.25) is 0 Å². The zero-order chi connectivity index (χ0) is 21.6. The molecule has 0 spiro atoms. The number of aliphatic carboxylic acids is 1. The molecular formula is C21H19ClF2N2O4. The Kier molecular flexibility index (Phi) is 5.36. The molecule has 4 rings (SSSR count). The molecule has 2 fully saturated rings. The third-order valence-corrected chi connectivity index (χ3v) is 5.76. The van der Waals surface area contributed by atoms with Gasteiger partial charge in [0.05, 0.1) is 35.6 Å². The molecular weight excluding hydrogens is 418 g/mol. The molecule has 1 aromatic carbocycles. The van der Waals surface area contributed by atoms with Crippen molar-refractivity contribution in [3.8, 4) is 5.75 Å². The largest absolute Gasteiger partial charge is 0.494 e. The molecule has 9 heteroatoms. The van der Waals surface area contributed by atoms with E-state index in [2.05, 4.69) is 4.98 Å². The van der Waals surface area contributed by atoms with E-state index in [0.717, 1.165) is 18.9 Å². The van der Waals surface area contributed by atoms with Crippen LogP contribution in [-0.2, 0) is 4.79 Å². The number of carbonyl (C=O) groups is 2. The number of Topliss-reactive ketones (excluding diaryl/α,β-unsaturated/α-hetero) is 1. The molecule has 1 aromatic heterocycles. The van der Waals surface area contributed by atoms with E-state index in [0.29, 0.717) is 18.2 Å². The van der Waals surface area contributed by atoms with E-state index < -0.39 is 35.2 Å². The third kappa shape index (κ3) is 3.96. The monoisotopic (exact) mass is 436 g/mol. The Bertz CT molecular complexity index is 1030. The number of carboxylic acids is 1. The van der Waals surface area contributed by atoms with Crippen molar-refractivity contribution in [1.82, 2.24) is 4.98 Å². The van der Waals surface area contributed by atoms with Gasteiger partial charge in [-0.25, -0.2) is 13.8 Å². The standard InChI is InChI=1S/C21H19ClF2N2O4/c1-30-18-4-11(8-25-19(18)20(27)12-5-13(12)21(28)29)26(9-10-2-3-10)17-6-14(22)15(23)7-16(17)24/h4,6-8,10,12-13H,2-3,5,9H2,1H3,(H,28,29)/t12-,13-/m0/s1. The number of methoxy groups -OCH3 is 1. The van der Waals surface area contributed by atoms with Gasteiger partial charge >= 0.3 is 5.97 Å². The average Bonchev–Trinajstić information content (AvgIpc) is 3.62. The van der Waals surface area contributed by atoms with E-state index in [1.165, 1.54) is 19.4 Å². The number of benzene rings is 1. The fraction of sp³-hybridized carbons (Fsp3) is 0.381. The minimum Gasteiger partial charge on any atom is -0.494 e. The number of pyridine rings is 1. The van der Waals surface area contributed by atoms with Crippen LogP contribution in [0.2, 0.25) is 5.02 Å². The van der Waals surface area contributed by atoms with Crippen molar-refractivity contribution in [3.63, 3.8) is 0 Å². The molecule has 0 amide bonds. The lowest BCUT2D eigenvalue weighted by atomic mass is 10.1. The summed E-state index contributed by atoms with van der Waals surface area (Å²) in [5, 5.41) is 8.86. The molecule has 0 unspecified atom stereocenters. The first-order chi connectivity index (χ1) is 14.3. The van der Waals surface area contributed by atoms with Crippen molar-refractivity contribution in [2.45, 2.75) is 19.3 Å². The molecule has 2 aromatic rings. The van der Waals surface area contributed by atoms with Gasteiger partial charge in [0.25, 0.3) is 0 Å². The number of carbonyl (C=O) groups excluding carboxylic acids is 1. The molecule has 6 nitrogen and oxygen atoms in total. The molecule has 2 atom stereocenters. The van der Waals surface area contributed by atoms with E-state index in [1.54, 1.807) is 11.0 Å². The highest BCUT2D eigenvalue weighted by Crippen LogP contribution is 2.43. The van der Waals surface area contributed by atoms with Gasteiger partial charge < -0.3 is 14.7 Å². The van der Waals surface area contributed by atoms with E-state index in [1.807, 2.05) is 0 Å². The molecule has 30 heavy (non-hydrogen) atoms. The zero-order valence-electron chi connectivity index (χ0n) is 16.1. The van der Waals surface area contributed by atoms with Gasteiger partial charge in [-0.15, -0.1) is 0 Å². The Balaban J connectivity index is 1.69. The third-order valence-electron chi connectivity index (χ3n) is 5.47. The maximum absolute atomic E-state index is 14.6. The van der Waals surface area contributed by atoms with Gasteiger partial charge in [-0.05, 0) is 31.2 Å². The second-order valence-corrected chi connectivity index (χ2v) is 8.07.